The first kappa shape index (κ1) is 11.5. The summed E-state index contributed by atoms with van der Waals surface area (Å²) < 4.78 is 1.85. The molecule has 1 N–H and O–H groups in total. The molecule has 0 radical (unpaired) electrons. The van der Waals surface area contributed by atoms with Crippen LogP contribution in [0.4, 0.5) is 0 Å². The highest BCUT2D eigenvalue weighted by Gasteiger charge is 2.05. The second-order valence-electron chi connectivity index (χ2n) is 3.35. The topological polar surface area (TPSA) is 55.6 Å². The maximum Gasteiger partial charge on any atom is 0.165 e. The molecule has 0 aliphatic carbocycles. The Morgan fingerprint density at radius 2 is 2.29 bits per heavy atom. The van der Waals surface area contributed by atoms with Crippen molar-refractivity contribution < 1.29 is 0 Å². The molecular weight excluding hydrogens is 198 g/mol. The van der Waals surface area contributed by atoms with Crippen LogP contribution in [0.3, 0.4) is 0 Å². The van der Waals surface area contributed by atoms with Crippen molar-refractivity contribution in [3.63, 3.8) is 0 Å². The summed E-state index contributed by atoms with van der Waals surface area (Å²) in [4.78, 5) is 0. The zero-order valence-corrected chi connectivity index (χ0v) is 9.71. The summed E-state index contributed by atoms with van der Waals surface area (Å²) in [5, 5.41) is 14.9. The van der Waals surface area contributed by atoms with E-state index < -0.39 is 0 Å². The fraction of sp³-hybridized carbons (Fsp3) is 0.875. The molecule has 0 saturated heterocycles. The van der Waals surface area contributed by atoms with Crippen LogP contribution in [-0.4, -0.2) is 38.3 Å². The van der Waals surface area contributed by atoms with E-state index in [0.29, 0.717) is 6.04 Å². The third kappa shape index (κ3) is 3.63. The van der Waals surface area contributed by atoms with Gasteiger partial charge in [0.1, 0.15) is 0 Å². The van der Waals surface area contributed by atoms with Crippen LogP contribution in [0, 0.1) is 0 Å². The van der Waals surface area contributed by atoms with Gasteiger partial charge in [0.15, 0.2) is 5.82 Å². The standard InChI is InChI=1S/C8H17N5S/c1-7(2)9-6-8-10-11-12-13(8)4-5-14-3/h7,9H,4-6H2,1-3H3. The lowest BCUT2D eigenvalue weighted by Gasteiger charge is -2.07. The first-order valence-electron chi connectivity index (χ1n) is 4.71. The largest absolute Gasteiger partial charge is 0.308 e. The molecule has 0 bridgehead atoms. The molecule has 0 aliphatic heterocycles. The van der Waals surface area contributed by atoms with Crippen molar-refractivity contribution in [2.45, 2.75) is 33.0 Å². The van der Waals surface area contributed by atoms with E-state index in [1.807, 2.05) is 4.68 Å². The number of rotatable bonds is 6. The summed E-state index contributed by atoms with van der Waals surface area (Å²) in [5.74, 6) is 1.95. The Morgan fingerprint density at radius 1 is 1.50 bits per heavy atom. The molecule has 1 aromatic rings. The highest BCUT2D eigenvalue weighted by Crippen LogP contribution is 1.97. The Morgan fingerprint density at radius 3 is 2.93 bits per heavy atom. The van der Waals surface area contributed by atoms with Gasteiger partial charge in [-0.15, -0.1) is 5.10 Å². The molecule has 1 heterocycles. The van der Waals surface area contributed by atoms with Crippen molar-refractivity contribution in [3.8, 4) is 0 Å². The Labute approximate surface area is 88.6 Å². The normalized spacial score (nSPS) is 11.1. The molecule has 0 aromatic carbocycles. The van der Waals surface area contributed by atoms with E-state index in [1.165, 1.54) is 0 Å². The Bertz CT molecular complexity index is 260. The summed E-state index contributed by atoms with van der Waals surface area (Å²) >= 11 is 1.80. The summed E-state index contributed by atoms with van der Waals surface area (Å²) in [5.41, 5.74) is 0. The van der Waals surface area contributed by atoms with Gasteiger partial charge in [-0.2, -0.15) is 11.8 Å². The van der Waals surface area contributed by atoms with E-state index in [2.05, 4.69) is 40.9 Å². The van der Waals surface area contributed by atoms with Crippen LogP contribution in [0.5, 0.6) is 0 Å². The van der Waals surface area contributed by atoms with Crippen LogP contribution in [0.25, 0.3) is 0 Å². The summed E-state index contributed by atoms with van der Waals surface area (Å²) in [6.45, 7) is 5.83. The second kappa shape index (κ2) is 5.98. The highest BCUT2D eigenvalue weighted by atomic mass is 32.2. The van der Waals surface area contributed by atoms with Crippen molar-refractivity contribution in [3.05, 3.63) is 5.82 Å². The first-order valence-corrected chi connectivity index (χ1v) is 6.10. The molecule has 0 aliphatic rings. The van der Waals surface area contributed by atoms with Crippen LogP contribution in [-0.2, 0) is 13.1 Å². The number of hydrogen-bond donors (Lipinski definition) is 1. The minimum absolute atomic E-state index is 0.459. The van der Waals surface area contributed by atoms with E-state index >= 15 is 0 Å². The van der Waals surface area contributed by atoms with Crippen molar-refractivity contribution in [1.82, 2.24) is 25.5 Å². The second-order valence-corrected chi connectivity index (χ2v) is 4.33. The number of hydrogen-bond acceptors (Lipinski definition) is 5. The number of nitrogens with one attached hydrogen (secondary N) is 1. The van der Waals surface area contributed by atoms with Gasteiger partial charge in [0.2, 0.25) is 0 Å². The van der Waals surface area contributed by atoms with Crippen molar-refractivity contribution >= 4 is 11.8 Å². The first-order chi connectivity index (χ1) is 6.74. The smallest absolute Gasteiger partial charge is 0.165 e. The minimum atomic E-state index is 0.459. The van der Waals surface area contributed by atoms with E-state index in [0.717, 1.165) is 24.7 Å². The van der Waals surface area contributed by atoms with Crippen molar-refractivity contribution in [2.75, 3.05) is 12.0 Å². The maximum atomic E-state index is 3.97. The average molecular weight is 215 g/mol. The highest BCUT2D eigenvalue weighted by molar-refractivity contribution is 7.98. The van der Waals surface area contributed by atoms with Crippen LogP contribution >= 0.6 is 11.8 Å². The Kier molecular flexibility index (Phi) is 4.89. The lowest BCUT2D eigenvalue weighted by molar-refractivity contribution is 0.532. The number of thioether (sulfide) groups is 1. The molecule has 0 spiro atoms. The predicted octanol–water partition coefficient (Wildman–Crippen LogP) is 0.534. The molecule has 14 heavy (non-hydrogen) atoms. The number of aromatic nitrogens is 4. The summed E-state index contributed by atoms with van der Waals surface area (Å²) in [6.07, 6.45) is 2.08. The van der Waals surface area contributed by atoms with Gasteiger partial charge >= 0.3 is 0 Å². The van der Waals surface area contributed by atoms with Crippen LogP contribution in [0.1, 0.15) is 19.7 Å². The zero-order valence-electron chi connectivity index (χ0n) is 8.90. The minimum Gasteiger partial charge on any atom is -0.308 e. The monoisotopic (exact) mass is 215 g/mol. The van der Waals surface area contributed by atoms with Gasteiger partial charge in [-0.25, -0.2) is 4.68 Å². The van der Waals surface area contributed by atoms with Crippen molar-refractivity contribution in [1.29, 1.82) is 0 Å². The molecule has 0 amide bonds. The summed E-state index contributed by atoms with van der Waals surface area (Å²) in [7, 11) is 0. The average Bonchev–Trinajstić information content (AvgIpc) is 2.58. The van der Waals surface area contributed by atoms with Crippen LogP contribution in [0.15, 0.2) is 0 Å². The Balaban J connectivity index is 2.45. The SMILES string of the molecule is CSCCn1nnnc1CNC(C)C. The van der Waals surface area contributed by atoms with Gasteiger partial charge in [-0.3, -0.25) is 0 Å². The van der Waals surface area contributed by atoms with Gasteiger partial charge in [-0.05, 0) is 16.7 Å². The third-order valence-corrected chi connectivity index (χ3v) is 2.37. The van der Waals surface area contributed by atoms with Gasteiger partial charge in [-0.1, -0.05) is 13.8 Å². The lowest BCUT2D eigenvalue weighted by Crippen LogP contribution is -2.24. The number of aryl methyl sites for hydroxylation is 1. The van der Waals surface area contributed by atoms with Crippen LogP contribution in [0.2, 0.25) is 0 Å². The Hall–Kier alpha value is -0.620. The van der Waals surface area contributed by atoms with Gasteiger partial charge < -0.3 is 5.32 Å². The van der Waals surface area contributed by atoms with Gasteiger partial charge in [0, 0.05) is 11.8 Å². The fourth-order valence-electron chi connectivity index (χ4n) is 0.997. The molecule has 5 nitrogen and oxygen atoms in total. The molecule has 0 saturated carbocycles. The van der Waals surface area contributed by atoms with E-state index in [1.54, 1.807) is 11.8 Å². The quantitative estimate of drug-likeness (QED) is 0.750. The lowest BCUT2D eigenvalue weighted by atomic mass is 10.4. The van der Waals surface area contributed by atoms with E-state index in [9.17, 15) is 0 Å². The maximum absolute atomic E-state index is 3.97. The van der Waals surface area contributed by atoms with Gasteiger partial charge in [0.25, 0.3) is 0 Å². The zero-order chi connectivity index (χ0) is 10.4. The number of nitrogens with zero attached hydrogens (tertiary/aromatic N) is 4. The van der Waals surface area contributed by atoms with E-state index in [-0.39, 0.29) is 0 Å². The summed E-state index contributed by atoms with van der Waals surface area (Å²) in [6, 6.07) is 0.459. The molecular formula is C8H17N5S. The predicted molar refractivity (Wildman–Crippen MR) is 58.2 cm³/mol. The van der Waals surface area contributed by atoms with Crippen molar-refractivity contribution in [2.24, 2.45) is 0 Å². The molecule has 1 aromatic heterocycles. The molecule has 0 unspecified atom stereocenters. The molecule has 6 heteroatoms. The molecule has 0 fully saturated rings. The van der Waals surface area contributed by atoms with E-state index in [4.69, 9.17) is 0 Å². The van der Waals surface area contributed by atoms with Crippen LogP contribution < -0.4 is 5.32 Å². The molecule has 1 rings (SSSR count). The fourth-order valence-corrected chi connectivity index (χ4v) is 1.35. The van der Waals surface area contributed by atoms with Gasteiger partial charge in [0.05, 0.1) is 13.1 Å². The third-order valence-electron chi connectivity index (χ3n) is 1.78. The molecule has 0 atom stereocenters. The molecule has 80 valence electrons. The number of tetrazole rings is 1.